The van der Waals surface area contributed by atoms with Crippen LogP contribution < -0.4 is 5.32 Å². The molecule has 0 saturated carbocycles. The number of hydrogen-bond donors (Lipinski definition) is 1. The minimum atomic E-state index is -4.52. The first kappa shape index (κ1) is 25.8. The molecule has 1 aromatic rings. The summed E-state index contributed by atoms with van der Waals surface area (Å²) in [6.07, 6.45) is -4.33. The van der Waals surface area contributed by atoms with Gasteiger partial charge in [0.05, 0.1) is 24.1 Å². The van der Waals surface area contributed by atoms with Gasteiger partial charge in [-0.2, -0.15) is 13.2 Å². The molecular formula is C22H32F3NO4. The summed E-state index contributed by atoms with van der Waals surface area (Å²) in [5, 5.41) is 2.60. The average molecular weight is 431 g/mol. The Labute approximate surface area is 176 Å². The monoisotopic (exact) mass is 431 g/mol. The molecule has 8 heteroatoms. The minimum absolute atomic E-state index is 0.115. The molecule has 0 aliphatic carbocycles. The van der Waals surface area contributed by atoms with E-state index in [2.05, 4.69) is 5.32 Å². The molecule has 0 unspecified atom stereocenters. The van der Waals surface area contributed by atoms with E-state index in [1.807, 2.05) is 0 Å². The summed E-state index contributed by atoms with van der Waals surface area (Å²) in [7, 11) is 0. The molecule has 5 nitrogen and oxygen atoms in total. The third-order valence-corrected chi connectivity index (χ3v) is 4.47. The number of esters is 1. The second-order valence-corrected chi connectivity index (χ2v) is 8.28. The quantitative estimate of drug-likeness (QED) is 0.527. The number of halogens is 3. The molecule has 2 atom stereocenters. The third kappa shape index (κ3) is 8.24. The molecule has 1 N–H and O–H groups in total. The average Bonchev–Trinajstić information content (AvgIpc) is 2.59. The number of rotatable bonds is 8. The van der Waals surface area contributed by atoms with Crippen LogP contribution in [-0.4, -0.2) is 24.3 Å². The van der Waals surface area contributed by atoms with Crippen LogP contribution in [0, 0.1) is 5.92 Å². The second kappa shape index (κ2) is 10.7. The van der Waals surface area contributed by atoms with Gasteiger partial charge < -0.3 is 14.8 Å². The van der Waals surface area contributed by atoms with Crippen LogP contribution >= 0.6 is 0 Å². The molecule has 0 bridgehead atoms. The third-order valence-electron chi connectivity index (χ3n) is 4.47. The topological polar surface area (TPSA) is 64.6 Å². The van der Waals surface area contributed by atoms with E-state index in [1.54, 1.807) is 47.6 Å². The van der Waals surface area contributed by atoms with Gasteiger partial charge in [0, 0.05) is 0 Å². The summed E-state index contributed by atoms with van der Waals surface area (Å²) in [6.45, 7) is 10.4. The van der Waals surface area contributed by atoms with Gasteiger partial charge in [0.25, 0.3) is 0 Å². The highest BCUT2D eigenvalue weighted by Gasteiger charge is 2.35. The summed E-state index contributed by atoms with van der Waals surface area (Å²) < 4.78 is 51.0. The molecule has 0 radical (unpaired) electrons. The lowest BCUT2D eigenvalue weighted by atomic mass is 9.91. The lowest BCUT2D eigenvalue weighted by Gasteiger charge is -2.24. The molecule has 0 saturated heterocycles. The van der Waals surface area contributed by atoms with Crippen LogP contribution in [-0.2, 0) is 26.9 Å². The van der Waals surface area contributed by atoms with E-state index in [1.165, 1.54) is 6.07 Å². The van der Waals surface area contributed by atoms with E-state index < -0.39 is 35.4 Å². The maximum Gasteiger partial charge on any atom is 0.416 e. The van der Waals surface area contributed by atoms with E-state index in [0.29, 0.717) is 18.4 Å². The maximum absolute atomic E-state index is 13.6. The fourth-order valence-electron chi connectivity index (χ4n) is 3.10. The van der Waals surface area contributed by atoms with Crippen molar-refractivity contribution in [2.24, 2.45) is 5.92 Å². The molecule has 170 valence electrons. The summed E-state index contributed by atoms with van der Waals surface area (Å²) in [4.78, 5) is 23.8. The van der Waals surface area contributed by atoms with Crippen molar-refractivity contribution in [2.75, 3.05) is 6.61 Å². The Balaban J connectivity index is 3.04. The molecule has 0 aromatic heterocycles. The zero-order chi connectivity index (χ0) is 23.1. The predicted molar refractivity (Wildman–Crippen MR) is 108 cm³/mol. The van der Waals surface area contributed by atoms with Gasteiger partial charge in [-0.25, -0.2) is 4.79 Å². The standard InChI is InChI=1S/C22H32F3NO4/c1-7-29-19(27)14(2)10-8-12-17-16(11-9-13-18(17)22(23,24)25)15(3)26-20(28)30-21(4,5)6/h9,11,13-15H,7-8,10,12H2,1-6H3,(H,26,28)/t14-,15-/m1/s1. The van der Waals surface area contributed by atoms with Crippen LogP contribution in [0.15, 0.2) is 18.2 Å². The van der Waals surface area contributed by atoms with Crippen LogP contribution in [0.3, 0.4) is 0 Å². The Kier molecular flexibility index (Phi) is 9.18. The van der Waals surface area contributed by atoms with Gasteiger partial charge in [0.15, 0.2) is 0 Å². The van der Waals surface area contributed by atoms with Crippen molar-refractivity contribution < 1.29 is 32.2 Å². The van der Waals surface area contributed by atoms with Gasteiger partial charge >= 0.3 is 18.2 Å². The number of hydrogen-bond acceptors (Lipinski definition) is 4. The Morgan fingerprint density at radius 2 is 1.77 bits per heavy atom. The van der Waals surface area contributed by atoms with E-state index in [4.69, 9.17) is 9.47 Å². The van der Waals surface area contributed by atoms with Crippen molar-refractivity contribution in [3.8, 4) is 0 Å². The summed E-state index contributed by atoms with van der Waals surface area (Å²) in [6, 6.07) is 3.25. The smallest absolute Gasteiger partial charge is 0.416 e. The van der Waals surface area contributed by atoms with Gasteiger partial charge in [-0.1, -0.05) is 19.1 Å². The SMILES string of the molecule is CCOC(=O)[C@H](C)CCCc1c([C@@H](C)NC(=O)OC(C)(C)C)cccc1C(F)(F)F. The Hall–Kier alpha value is -2.25. The molecule has 0 aliphatic rings. The highest BCUT2D eigenvalue weighted by atomic mass is 19.4. The number of carbonyl (C=O) groups excluding carboxylic acids is 2. The van der Waals surface area contributed by atoms with Gasteiger partial charge in [-0.05, 0) is 71.1 Å². The molecule has 1 aromatic carbocycles. The Morgan fingerprint density at radius 3 is 2.30 bits per heavy atom. The Morgan fingerprint density at radius 1 is 1.13 bits per heavy atom. The highest BCUT2D eigenvalue weighted by molar-refractivity contribution is 5.71. The van der Waals surface area contributed by atoms with E-state index in [-0.39, 0.29) is 24.6 Å². The maximum atomic E-state index is 13.6. The number of nitrogens with one attached hydrogen (secondary N) is 1. The van der Waals surface area contributed by atoms with Gasteiger partial charge in [0.1, 0.15) is 5.60 Å². The fraction of sp³-hybridized carbons (Fsp3) is 0.636. The lowest BCUT2D eigenvalue weighted by molar-refractivity contribution is -0.147. The largest absolute Gasteiger partial charge is 0.466 e. The summed E-state index contributed by atoms with van der Waals surface area (Å²) in [5.74, 6) is -0.759. The van der Waals surface area contributed by atoms with Crippen LogP contribution in [0.25, 0.3) is 0 Å². The van der Waals surface area contributed by atoms with Crippen LogP contribution in [0.2, 0.25) is 0 Å². The molecule has 30 heavy (non-hydrogen) atoms. The molecule has 0 fully saturated rings. The molecule has 1 rings (SSSR count). The first-order chi connectivity index (χ1) is 13.8. The minimum Gasteiger partial charge on any atom is -0.466 e. The summed E-state index contributed by atoms with van der Waals surface area (Å²) in [5.41, 5.74) is -0.963. The fourth-order valence-corrected chi connectivity index (χ4v) is 3.10. The molecule has 1 amide bonds. The van der Waals surface area contributed by atoms with E-state index in [9.17, 15) is 22.8 Å². The second-order valence-electron chi connectivity index (χ2n) is 8.28. The van der Waals surface area contributed by atoms with Crippen molar-refractivity contribution in [3.63, 3.8) is 0 Å². The number of alkyl carbamates (subject to hydrolysis) is 1. The van der Waals surface area contributed by atoms with E-state index >= 15 is 0 Å². The molecular weight excluding hydrogens is 399 g/mol. The number of carbonyl (C=O) groups is 2. The van der Waals surface area contributed by atoms with Crippen molar-refractivity contribution in [1.29, 1.82) is 0 Å². The van der Waals surface area contributed by atoms with Crippen molar-refractivity contribution in [3.05, 3.63) is 34.9 Å². The number of ether oxygens (including phenoxy) is 2. The van der Waals surface area contributed by atoms with Crippen molar-refractivity contribution >= 4 is 12.1 Å². The van der Waals surface area contributed by atoms with Crippen molar-refractivity contribution in [2.45, 2.75) is 78.6 Å². The first-order valence-corrected chi connectivity index (χ1v) is 10.1. The van der Waals surface area contributed by atoms with Gasteiger partial charge in [-0.15, -0.1) is 0 Å². The van der Waals surface area contributed by atoms with Gasteiger partial charge in [-0.3, -0.25) is 4.79 Å². The Bertz CT molecular complexity index is 726. The van der Waals surface area contributed by atoms with Crippen LogP contribution in [0.4, 0.5) is 18.0 Å². The zero-order valence-corrected chi connectivity index (χ0v) is 18.5. The van der Waals surface area contributed by atoms with E-state index in [0.717, 1.165) is 6.07 Å². The molecule has 0 heterocycles. The van der Waals surface area contributed by atoms with Gasteiger partial charge in [0.2, 0.25) is 0 Å². The molecule has 0 aliphatic heterocycles. The highest BCUT2D eigenvalue weighted by Crippen LogP contribution is 2.36. The number of amides is 1. The normalized spacial score (nSPS) is 14.0. The van der Waals surface area contributed by atoms with Crippen molar-refractivity contribution in [1.82, 2.24) is 5.32 Å². The van der Waals surface area contributed by atoms with Crippen LogP contribution in [0.5, 0.6) is 0 Å². The summed E-state index contributed by atoms with van der Waals surface area (Å²) >= 11 is 0. The first-order valence-electron chi connectivity index (χ1n) is 10.1. The zero-order valence-electron chi connectivity index (χ0n) is 18.5. The number of benzene rings is 1. The predicted octanol–water partition coefficient (Wildman–Crippen LogP) is 5.81. The lowest BCUT2D eigenvalue weighted by Crippen LogP contribution is -2.34. The molecule has 0 spiro atoms. The van der Waals surface area contributed by atoms with Crippen LogP contribution in [0.1, 0.15) is 77.1 Å². The number of alkyl halides is 3.